The van der Waals surface area contributed by atoms with E-state index in [4.69, 9.17) is 23.9 Å². The second-order valence-corrected chi connectivity index (χ2v) is 11.3. The number of aliphatic hydroxyl groups is 1. The molecule has 1 saturated heterocycles. The van der Waals surface area contributed by atoms with Gasteiger partial charge in [0.05, 0.1) is 41.7 Å². The van der Waals surface area contributed by atoms with Crippen molar-refractivity contribution in [2.24, 2.45) is 0 Å². The number of aliphatic hydroxyl groups excluding tert-OH is 1. The van der Waals surface area contributed by atoms with Gasteiger partial charge in [-0.1, -0.05) is 17.4 Å². The summed E-state index contributed by atoms with van der Waals surface area (Å²) in [4.78, 5) is 33.7. The Morgan fingerprint density at radius 2 is 1.74 bits per heavy atom. The van der Waals surface area contributed by atoms with Gasteiger partial charge >= 0.3 is 5.91 Å². The Hall–Kier alpha value is -4.57. The third-order valence-corrected chi connectivity index (χ3v) is 8.38. The first-order valence-corrected chi connectivity index (χ1v) is 15.2. The summed E-state index contributed by atoms with van der Waals surface area (Å²) in [6.07, 6.45) is 0.696. The summed E-state index contributed by atoms with van der Waals surface area (Å²) in [7, 11) is 0. The summed E-state index contributed by atoms with van der Waals surface area (Å²) in [5.41, 5.74) is 2.57. The number of fused-ring (bicyclic) bond motifs is 2. The van der Waals surface area contributed by atoms with Crippen LogP contribution in [0.4, 0.5) is 5.13 Å². The molecule has 0 bridgehead atoms. The van der Waals surface area contributed by atoms with Gasteiger partial charge in [0.2, 0.25) is 0 Å². The van der Waals surface area contributed by atoms with E-state index in [1.807, 2.05) is 52.0 Å². The molecule has 6 rings (SSSR count). The number of thiazole rings is 1. The maximum atomic E-state index is 13.8. The molecule has 0 aliphatic carbocycles. The van der Waals surface area contributed by atoms with Crippen molar-refractivity contribution in [1.82, 2.24) is 4.98 Å². The molecule has 1 aromatic heterocycles. The molecule has 1 fully saturated rings. The van der Waals surface area contributed by atoms with Crippen LogP contribution in [-0.2, 0) is 16.0 Å². The first-order chi connectivity index (χ1) is 20.8. The number of hydrogen-bond donors (Lipinski definition) is 1. The van der Waals surface area contributed by atoms with Gasteiger partial charge in [-0.15, -0.1) is 0 Å². The molecule has 3 heterocycles. The Balaban J connectivity index is 1.53. The highest BCUT2D eigenvalue weighted by atomic mass is 32.1. The zero-order valence-electron chi connectivity index (χ0n) is 24.4. The summed E-state index contributed by atoms with van der Waals surface area (Å²) in [5, 5.41) is 12.0. The van der Waals surface area contributed by atoms with Gasteiger partial charge in [0.15, 0.2) is 16.6 Å². The number of ketones is 1. The van der Waals surface area contributed by atoms with Crippen LogP contribution in [0.1, 0.15) is 50.4 Å². The van der Waals surface area contributed by atoms with Crippen molar-refractivity contribution >= 4 is 44.1 Å². The molecule has 3 aromatic carbocycles. The van der Waals surface area contributed by atoms with Gasteiger partial charge in [0.1, 0.15) is 23.4 Å². The van der Waals surface area contributed by atoms with E-state index in [0.717, 1.165) is 16.0 Å². The summed E-state index contributed by atoms with van der Waals surface area (Å²) in [5.74, 6) is 0.610. The molecule has 9 nitrogen and oxygen atoms in total. The van der Waals surface area contributed by atoms with Crippen LogP contribution in [0.2, 0.25) is 0 Å². The van der Waals surface area contributed by atoms with Crippen molar-refractivity contribution in [2.45, 2.75) is 46.3 Å². The molecular formula is C33H32N2O7S. The topological polar surface area (TPSA) is 107 Å². The quantitative estimate of drug-likeness (QED) is 0.133. The normalized spacial score (nSPS) is 19.0. The second-order valence-electron chi connectivity index (χ2n) is 10.3. The minimum atomic E-state index is -0.967. The van der Waals surface area contributed by atoms with Crippen LogP contribution < -0.4 is 23.8 Å². The Labute approximate surface area is 253 Å². The number of benzene rings is 3. The van der Waals surface area contributed by atoms with Crippen LogP contribution in [0.3, 0.4) is 0 Å². The lowest BCUT2D eigenvalue weighted by molar-refractivity contribution is -0.132. The largest absolute Gasteiger partial charge is 0.507 e. The van der Waals surface area contributed by atoms with Gasteiger partial charge in [-0.05, 0) is 87.4 Å². The van der Waals surface area contributed by atoms with E-state index in [1.54, 1.807) is 30.3 Å². The molecule has 0 saturated carbocycles. The number of anilines is 1. The predicted molar refractivity (Wildman–Crippen MR) is 165 cm³/mol. The van der Waals surface area contributed by atoms with Gasteiger partial charge in [-0.3, -0.25) is 14.5 Å². The highest BCUT2D eigenvalue weighted by Gasteiger charge is 2.48. The highest BCUT2D eigenvalue weighted by molar-refractivity contribution is 7.22. The first kappa shape index (κ1) is 28.5. The monoisotopic (exact) mass is 600 g/mol. The molecule has 2 atom stereocenters. The number of carbonyl (C=O) groups excluding carboxylic acids is 2. The Bertz CT molecular complexity index is 1760. The fourth-order valence-electron chi connectivity index (χ4n) is 5.56. The Morgan fingerprint density at radius 1 is 0.977 bits per heavy atom. The minimum absolute atomic E-state index is 0.0149. The van der Waals surface area contributed by atoms with Crippen molar-refractivity contribution in [2.75, 3.05) is 24.7 Å². The molecule has 4 aromatic rings. The molecular weight excluding hydrogens is 568 g/mol. The number of nitrogens with zero attached hydrogens (tertiary/aromatic N) is 2. The van der Waals surface area contributed by atoms with Crippen LogP contribution in [-0.4, -0.2) is 47.7 Å². The van der Waals surface area contributed by atoms with E-state index in [1.165, 1.54) is 16.2 Å². The molecule has 43 heavy (non-hydrogen) atoms. The van der Waals surface area contributed by atoms with Gasteiger partial charge < -0.3 is 24.1 Å². The van der Waals surface area contributed by atoms with Crippen molar-refractivity contribution in [3.8, 4) is 23.0 Å². The maximum Gasteiger partial charge on any atom is 0.301 e. The maximum absolute atomic E-state index is 13.8. The van der Waals surface area contributed by atoms with E-state index in [2.05, 4.69) is 0 Å². The van der Waals surface area contributed by atoms with E-state index in [0.29, 0.717) is 65.3 Å². The molecule has 2 aliphatic heterocycles. The molecule has 0 radical (unpaired) electrons. The number of carbonyl (C=O) groups is 2. The molecule has 0 spiro atoms. The Kier molecular flexibility index (Phi) is 7.70. The third kappa shape index (κ3) is 5.16. The zero-order valence-corrected chi connectivity index (χ0v) is 25.2. The van der Waals surface area contributed by atoms with Gasteiger partial charge in [-0.25, -0.2) is 4.98 Å². The lowest BCUT2D eigenvalue weighted by Crippen LogP contribution is -2.29. The van der Waals surface area contributed by atoms with Crippen LogP contribution in [0, 0.1) is 0 Å². The number of aromatic nitrogens is 1. The standard InChI is InChI=1S/C33H32N2O7S/c1-5-39-22-10-11-23-27(17-22)43-33(34-23)35-29(19-8-13-25(40-6-2)26(16-19)41-7-3)28(31(37)32(35)38)30(36)20-9-12-24-21(15-20)14-18(4)42-24/h8-13,15-18,29,36H,5-7,14H2,1-4H3/b30-28+/t18-,29-/m1/s1. The summed E-state index contributed by atoms with van der Waals surface area (Å²) < 4.78 is 23.9. The summed E-state index contributed by atoms with van der Waals surface area (Å²) in [6.45, 7) is 8.97. The lowest BCUT2D eigenvalue weighted by Gasteiger charge is -2.24. The third-order valence-electron chi connectivity index (χ3n) is 7.36. The fourth-order valence-corrected chi connectivity index (χ4v) is 6.58. The van der Waals surface area contributed by atoms with Crippen molar-refractivity contribution in [3.63, 3.8) is 0 Å². The fraction of sp³-hybridized carbons (Fsp3) is 0.303. The molecule has 1 amide bonds. The first-order valence-electron chi connectivity index (χ1n) is 14.4. The SMILES string of the molecule is CCOc1ccc2nc(N3C(=O)C(=O)/C(=C(/O)c4ccc5c(c4)C[C@@H](C)O5)[C@H]3c3ccc(OCC)c(OCC)c3)sc2c1. The number of hydrogen-bond acceptors (Lipinski definition) is 9. The van der Waals surface area contributed by atoms with Crippen molar-refractivity contribution < 1.29 is 33.6 Å². The smallest absolute Gasteiger partial charge is 0.301 e. The van der Waals surface area contributed by atoms with Crippen molar-refractivity contribution in [1.29, 1.82) is 0 Å². The van der Waals surface area contributed by atoms with Crippen LogP contribution in [0.25, 0.3) is 16.0 Å². The molecule has 0 unspecified atom stereocenters. The van der Waals surface area contributed by atoms with E-state index in [-0.39, 0.29) is 17.4 Å². The van der Waals surface area contributed by atoms with Gasteiger partial charge in [0, 0.05) is 12.0 Å². The van der Waals surface area contributed by atoms with E-state index < -0.39 is 17.7 Å². The van der Waals surface area contributed by atoms with Crippen LogP contribution in [0.5, 0.6) is 23.0 Å². The molecule has 1 N–H and O–H groups in total. The van der Waals surface area contributed by atoms with Crippen LogP contribution >= 0.6 is 11.3 Å². The molecule has 2 aliphatic rings. The number of Topliss-reactive ketones (excluding diaryl/α,β-unsaturated/α-hetero) is 1. The average molecular weight is 601 g/mol. The Morgan fingerprint density at radius 3 is 2.51 bits per heavy atom. The highest BCUT2D eigenvalue weighted by Crippen LogP contribution is 2.46. The zero-order chi connectivity index (χ0) is 30.2. The van der Waals surface area contributed by atoms with Gasteiger partial charge in [0.25, 0.3) is 5.78 Å². The van der Waals surface area contributed by atoms with Crippen molar-refractivity contribution in [3.05, 3.63) is 76.9 Å². The van der Waals surface area contributed by atoms with Crippen LogP contribution in [0.15, 0.2) is 60.2 Å². The summed E-state index contributed by atoms with van der Waals surface area (Å²) in [6, 6.07) is 15.1. The predicted octanol–water partition coefficient (Wildman–Crippen LogP) is 6.44. The average Bonchev–Trinajstić information content (AvgIpc) is 3.66. The second kappa shape index (κ2) is 11.6. The van der Waals surface area contributed by atoms with E-state index >= 15 is 0 Å². The van der Waals surface area contributed by atoms with E-state index in [9.17, 15) is 14.7 Å². The lowest BCUT2D eigenvalue weighted by atomic mass is 9.94. The number of rotatable bonds is 9. The minimum Gasteiger partial charge on any atom is -0.507 e. The molecule has 222 valence electrons. The molecule has 10 heteroatoms. The number of ether oxygens (including phenoxy) is 4. The van der Waals surface area contributed by atoms with Gasteiger partial charge in [-0.2, -0.15) is 0 Å². The number of amides is 1. The summed E-state index contributed by atoms with van der Waals surface area (Å²) >= 11 is 1.28.